The van der Waals surface area contributed by atoms with Crippen molar-refractivity contribution >= 4 is 21.7 Å². The number of carbonyl (C=O) groups excluding carboxylic acids is 1. The Labute approximate surface area is 150 Å². The first-order valence-electron chi connectivity index (χ1n) is 7.95. The van der Waals surface area contributed by atoms with E-state index in [0.717, 1.165) is 18.9 Å². The average Bonchev–Trinajstić information content (AvgIpc) is 3.17. The zero-order chi connectivity index (χ0) is 18.7. The van der Waals surface area contributed by atoms with Gasteiger partial charge in [-0.05, 0) is 37.1 Å². The second-order valence-corrected chi connectivity index (χ2v) is 7.72. The van der Waals surface area contributed by atoms with Crippen LogP contribution >= 0.6 is 0 Å². The topological polar surface area (TPSA) is 107 Å². The molecular formula is C17H16N2O6S. The molecule has 2 aromatic carbocycles. The summed E-state index contributed by atoms with van der Waals surface area (Å²) in [6, 6.07) is 10.8. The molecule has 0 radical (unpaired) electrons. The van der Waals surface area contributed by atoms with Crippen molar-refractivity contribution in [3.05, 3.63) is 64.2 Å². The number of esters is 1. The van der Waals surface area contributed by atoms with E-state index in [1.54, 1.807) is 0 Å². The fraction of sp³-hybridized carbons (Fsp3) is 0.235. The normalized spacial score (nSPS) is 14.9. The average molecular weight is 376 g/mol. The monoisotopic (exact) mass is 376 g/mol. The number of hydrogen-bond donors (Lipinski definition) is 0. The van der Waals surface area contributed by atoms with E-state index in [4.69, 9.17) is 4.74 Å². The van der Waals surface area contributed by atoms with Crippen LogP contribution in [0.25, 0.3) is 0 Å². The maximum Gasteiger partial charge on any atom is 0.343 e. The molecule has 2 aromatic rings. The number of nitro groups is 1. The fourth-order valence-electron chi connectivity index (χ4n) is 2.69. The predicted molar refractivity (Wildman–Crippen MR) is 92.5 cm³/mol. The van der Waals surface area contributed by atoms with Crippen molar-refractivity contribution in [2.45, 2.75) is 17.7 Å². The molecule has 1 saturated heterocycles. The van der Waals surface area contributed by atoms with E-state index in [-0.39, 0.29) is 21.9 Å². The number of nitro benzene ring substituents is 1. The van der Waals surface area contributed by atoms with E-state index < -0.39 is 20.9 Å². The molecular weight excluding hydrogens is 360 g/mol. The van der Waals surface area contributed by atoms with E-state index in [0.29, 0.717) is 13.1 Å². The summed E-state index contributed by atoms with van der Waals surface area (Å²) in [6.07, 6.45) is 1.63. The Kier molecular flexibility index (Phi) is 5.01. The smallest absolute Gasteiger partial charge is 0.343 e. The maximum atomic E-state index is 12.6. The lowest BCUT2D eigenvalue weighted by atomic mass is 10.2. The van der Waals surface area contributed by atoms with Crippen LogP contribution in [0.1, 0.15) is 23.2 Å². The molecule has 0 aromatic heterocycles. The number of hydrogen-bond acceptors (Lipinski definition) is 6. The van der Waals surface area contributed by atoms with Crippen molar-refractivity contribution in [1.29, 1.82) is 0 Å². The van der Waals surface area contributed by atoms with Crippen molar-refractivity contribution in [2.24, 2.45) is 0 Å². The van der Waals surface area contributed by atoms with Crippen LogP contribution in [-0.2, 0) is 10.0 Å². The molecule has 0 unspecified atom stereocenters. The third-order valence-corrected chi connectivity index (χ3v) is 5.91. The van der Waals surface area contributed by atoms with Crippen molar-refractivity contribution in [3.8, 4) is 5.75 Å². The maximum absolute atomic E-state index is 12.6. The van der Waals surface area contributed by atoms with E-state index in [2.05, 4.69) is 0 Å². The largest absolute Gasteiger partial charge is 0.423 e. The van der Waals surface area contributed by atoms with Crippen LogP contribution in [0.3, 0.4) is 0 Å². The van der Waals surface area contributed by atoms with Gasteiger partial charge in [0.1, 0.15) is 5.75 Å². The lowest BCUT2D eigenvalue weighted by Crippen LogP contribution is -2.28. The molecule has 0 N–H and O–H groups in total. The van der Waals surface area contributed by atoms with Crippen LogP contribution in [0.4, 0.5) is 5.69 Å². The van der Waals surface area contributed by atoms with E-state index in [9.17, 15) is 23.3 Å². The Morgan fingerprint density at radius 2 is 1.77 bits per heavy atom. The van der Waals surface area contributed by atoms with Gasteiger partial charge in [-0.25, -0.2) is 13.2 Å². The first kappa shape index (κ1) is 18.0. The Morgan fingerprint density at radius 1 is 1.08 bits per heavy atom. The van der Waals surface area contributed by atoms with Crippen molar-refractivity contribution in [1.82, 2.24) is 4.31 Å². The predicted octanol–water partition coefficient (Wildman–Crippen LogP) is 2.60. The molecule has 1 aliphatic rings. The minimum atomic E-state index is -3.65. The van der Waals surface area contributed by atoms with Gasteiger partial charge in [-0.2, -0.15) is 4.31 Å². The highest BCUT2D eigenvalue weighted by atomic mass is 32.2. The zero-order valence-electron chi connectivity index (χ0n) is 13.7. The quantitative estimate of drug-likeness (QED) is 0.344. The molecule has 0 saturated carbocycles. The van der Waals surface area contributed by atoms with Crippen LogP contribution in [0.15, 0.2) is 53.4 Å². The van der Waals surface area contributed by atoms with E-state index in [1.807, 2.05) is 0 Å². The number of ether oxygens (including phenoxy) is 1. The fourth-order valence-corrected chi connectivity index (χ4v) is 4.25. The van der Waals surface area contributed by atoms with Crippen LogP contribution in [0.2, 0.25) is 0 Å². The highest BCUT2D eigenvalue weighted by Gasteiger charge is 2.27. The molecule has 0 spiro atoms. The minimum Gasteiger partial charge on any atom is -0.423 e. The first-order valence-corrected chi connectivity index (χ1v) is 9.39. The molecule has 0 bridgehead atoms. The van der Waals surface area contributed by atoms with Gasteiger partial charge in [-0.3, -0.25) is 10.1 Å². The van der Waals surface area contributed by atoms with Crippen LogP contribution < -0.4 is 4.74 Å². The van der Waals surface area contributed by atoms with E-state index in [1.165, 1.54) is 46.8 Å². The lowest BCUT2D eigenvalue weighted by Gasteiger charge is -2.15. The van der Waals surface area contributed by atoms with Crippen molar-refractivity contribution in [2.75, 3.05) is 13.1 Å². The Balaban J connectivity index is 1.82. The van der Waals surface area contributed by atoms with Crippen molar-refractivity contribution in [3.63, 3.8) is 0 Å². The Morgan fingerprint density at radius 3 is 2.46 bits per heavy atom. The first-order chi connectivity index (χ1) is 12.4. The molecule has 0 amide bonds. The van der Waals surface area contributed by atoms with Crippen LogP contribution in [0.5, 0.6) is 5.75 Å². The molecule has 8 nitrogen and oxygen atoms in total. The van der Waals surface area contributed by atoms with Gasteiger partial charge in [0.2, 0.25) is 10.0 Å². The van der Waals surface area contributed by atoms with Gasteiger partial charge in [0.25, 0.3) is 5.69 Å². The van der Waals surface area contributed by atoms with E-state index >= 15 is 0 Å². The van der Waals surface area contributed by atoms with Crippen LogP contribution in [-0.4, -0.2) is 36.7 Å². The summed E-state index contributed by atoms with van der Waals surface area (Å²) in [5.41, 5.74) is -0.155. The molecule has 3 rings (SSSR count). The third kappa shape index (κ3) is 3.73. The highest BCUT2D eigenvalue weighted by Crippen LogP contribution is 2.23. The number of benzene rings is 2. The Bertz CT molecular complexity index is 951. The molecule has 0 atom stereocenters. The number of carbonyl (C=O) groups is 1. The molecule has 0 aliphatic carbocycles. The lowest BCUT2D eigenvalue weighted by molar-refractivity contribution is -0.384. The SMILES string of the molecule is O=C(Oc1cccc([N+](=O)[O-])c1)c1cccc(S(=O)(=O)N2CCCC2)c1. The summed E-state index contributed by atoms with van der Waals surface area (Å²) in [4.78, 5) is 22.5. The minimum absolute atomic E-state index is 0.0111. The second-order valence-electron chi connectivity index (χ2n) is 5.78. The molecule has 136 valence electrons. The summed E-state index contributed by atoms with van der Waals surface area (Å²) < 4.78 is 31.7. The summed E-state index contributed by atoms with van der Waals surface area (Å²) >= 11 is 0. The number of non-ortho nitro benzene ring substituents is 1. The number of rotatable bonds is 5. The van der Waals surface area contributed by atoms with Gasteiger partial charge in [0.05, 0.1) is 21.4 Å². The van der Waals surface area contributed by atoms with Gasteiger partial charge in [-0.15, -0.1) is 0 Å². The Hall–Kier alpha value is -2.78. The van der Waals surface area contributed by atoms with Gasteiger partial charge in [0, 0.05) is 19.2 Å². The van der Waals surface area contributed by atoms with Crippen molar-refractivity contribution < 1.29 is 22.9 Å². The molecule has 9 heteroatoms. The highest BCUT2D eigenvalue weighted by molar-refractivity contribution is 7.89. The van der Waals surface area contributed by atoms with Gasteiger partial charge in [-0.1, -0.05) is 12.1 Å². The summed E-state index contributed by atoms with van der Waals surface area (Å²) in [6.45, 7) is 0.926. The summed E-state index contributed by atoms with van der Waals surface area (Å²) in [7, 11) is -3.65. The van der Waals surface area contributed by atoms with Crippen LogP contribution in [0, 0.1) is 10.1 Å². The summed E-state index contributed by atoms with van der Waals surface area (Å²) in [5.74, 6) is -0.777. The zero-order valence-corrected chi connectivity index (χ0v) is 14.5. The number of nitrogens with zero attached hydrogens (tertiary/aromatic N) is 2. The third-order valence-electron chi connectivity index (χ3n) is 4.01. The second kappa shape index (κ2) is 7.22. The van der Waals surface area contributed by atoms with Gasteiger partial charge >= 0.3 is 5.97 Å². The molecule has 1 aliphatic heterocycles. The standard InChI is InChI=1S/C17H16N2O6S/c20-17(25-15-7-4-6-14(12-15)19(21)22)13-5-3-8-16(11-13)26(23,24)18-9-1-2-10-18/h3-8,11-12H,1-2,9-10H2. The molecule has 1 fully saturated rings. The molecule has 26 heavy (non-hydrogen) atoms. The molecule has 1 heterocycles. The van der Waals surface area contributed by atoms with Gasteiger partial charge < -0.3 is 4.74 Å². The number of sulfonamides is 1. The van der Waals surface area contributed by atoms with Gasteiger partial charge in [0.15, 0.2) is 0 Å². The summed E-state index contributed by atoms with van der Waals surface area (Å²) in [5, 5.41) is 10.8.